The smallest absolute Gasteiger partial charge is 0.0345 e. The first kappa shape index (κ1) is 11.6. The minimum Gasteiger partial charge on any atom is -0.327 e. The molecule has 2 N–H and O–H groups in total. The second-order valence-electron chi connectivity index (χ2n) is 4.75. The van der Waals surface area contributed by atoms with Gasteiger partial charge in [0.15, 0.2) is 0 Å². The molecule has 1 saturated heterocycles. The standard InChI is InChI=1S/C14H17NS2/c15-13(10-5-6-16-8-10)7-11-9-17-14-4-2-1-3-12(11)14/h1-4,9-10,13H,5-8,15H2. The molecule has 0 amide bonds. The summed E-state index contributed by atoms with van der Waals surface area (Å²) < 4.78 is 1.38. The lowest BCUT2D eigenvalue weighted by Gasteiger charge is -2.17. The molecule has 3 heteroatoms. The summed E-state index contributed by atoms with van der Waals surface area (Å²) >= 11 is 3.89. The largest absolute Gasteiger partial charge is 0.327 e. The number of benzene rings is 1. The van der Waals surface area contributed by atoms with E-state index in [1.807, 2.05) is 23.1 Å². The van der Waals surface area contributed by atoms with Gasteiger partial charge in [0.05, 0.1) is 0 Å². The number of rotatable bonds is 3. The Hall–Kier alpha value is -0.510. The van der Waals surface area contributed by atoms with Crippen molar-refractivity contribution < 1.29 is 0 Å². The summed E-state index contributed by atoms with van der Waals surface area (Å²) in [6.45, 7) is 0. The number of thiophene rings is 1. The zero-order valence-corrected chi connectivity index (χ0v) is 11.4. The molecule has 0 bridgehead atoms. The highest BCUT2D eigenvalue weighted by molar-refractivity contribution is 7.99. The lowest BCUT2D eigenvalue weighted by Crippen LogP contribution is -2.32. The number of nitrogens with two attached hydrogens (primary N) is 1. The van der Waals surface area contributed by atoms with E-state index in [1.165, 1.54) is 33.6 Å². The molecular weight excluding hydrogens is 246 g/mol. The Labute approximate surface area is 110 Å². The van der Waals surface area contributed by atoms with Crippen molar-refractivity contribution in [1.29, 1.82) is 0 Å². The molecule has 2 heterocycles. The van der Waals surface area contributed by atoms with Gasteiger partial charge in [0.2, 0.25) is 0 Å². The van der Waals surface area contributed by atoms with E-state index in [0.717, 1.165) is 12.3 Å². The number of fused-ring (bicyclic) bond motifs is 1. The highest BCUT2D eigenvalue weighted by atomic mass is 32.2. The Morgan fingerprint density at radius 1 is 1.35 bits per heavy atom. The van der Waals surface area contributed by atoms with Gasteiger partial charge >= 0.3 is 0 Å². The summed E-state index contributed by atoms with van der Waals surface area (Å²) in [6.07, 6.45) is 2.34. The van der Waals surface area contributed by atoms with E-state index < -0.39 is 0 Å². The Bertz CT molecular complexity index is 500. The molecule has 2 unspecified atom stereocenters. The summed E-state index contributed by atoms with van der Waals surface area (Å²) in [5.74, 6) is 3.27. The highest BCUT2D eigenvalue weighted by Gasteiger charge is 2.23. The van der Waals surface area contributed by atoms with Crippen LogP contribution >= 0.6 is 23.1 Å². The van der Waals surface area contributed by atoms with E-state index in [9.17, 15) is 0 Å². The molecule has 0 saturated carbocycles. The fourth-order valence-electron chi connectivity index (χ4n) is 2.50. The van der Waals surface area contributed by atoms with Gasteiger partial charge < -0.3 is 5.73 Å². The van der Waals surface area contributed by atoms with Crippen LogP contribution in [0, 0.1) is 5.92 Å². The number of hydrogen-bond acceptors (Lipinski definition) is 3. The first-order valence-corrected chi connectivity index (χ1v) is 8.16. The average molecular weight is 263 g/mol. The quantitative estimate of drug-likeness (QED) is 0.917. The normalized spacial score (nSPS) is 22.1. The average Bonchev–Trinajstić information content (AvgIpc) is 2.98. The molecule has 0 radical (unpaired) electrons. The number of hydrogen-bond donors (Lipinski definition) is 1. The third-order valence-corrected chi connectivity index (χ3v) is 5.79. The van der Waals surface area contributed by atoms with Crippen LogP contribution in [0.15, 0.2) is 29.6 Å². The molecule has 0 aliphatic carbocycles. The Kier molecular flexibility index (Phi) is 3.41. The van der Waals surface area contributed by atoms with Crippen molar-refractivity contribution in [2.75, 3.05) is 11.5 Å². The van der Waals surface area contributed by atoms with Crippen molar-refractivity contribution >= 4 is 33.2 Å². The molecule has 1 aliphatic heterocycles. The molecule has 1 aromatic heterocycles. The Morgan fingerprint density at radius 2 is 2.24 bits per heavy atom. The molecule has 17 heavy (non-hydrogen) atoms. The lowest BCUT2D eigenvalue weighted by molar-refractivity contribution is 0.464. The van der Waals surface area contributed by atoms with Crippen LogP contribution in [-0.4, -0.2) is 17.5 Å². The summed E-state index contributed by atoms with van der Waals surface area (Å²) in [6, 6.07) is 8.98. The first-order valence-electron chi connectivity index (χ1n) is 6.13. The lowest BCUT2D eigenvalue weighted by atomic mass is 9.94. The van der Waals surface area contributed by atoms with Gasteiger partial charge in [-0.3, -0.25) is 0 Å². The van der Waals surface area contributed by atoms with Gasteiger partial charge in [0, 0.05) is 10.7 Å². The molecular formula is C14H17NS2. The van der Waals surface area contributed by atoms with Crippen LogP contribution in [0.3, 0.4) is 0 Å². The van der Waals surface area contributed by atoms with Crippen molar-refractivity contribution in [2.45, 2.75) is 18.9 Å². The van der Waals surface area contributed by atoms with Gasteiger partial charge in [-0.05, 0) is 52.7 Å². The van der Waals surface area contributed by atoms with Crippen molar-refractivity contribution in [3.05, 3.63) is 35.2 Å². The van der Waals surface area contributed by atoms with Crippen LogP contribution in [0.25, 0.3) is 10.1 Å². The van der Waals surface area contributed by atoms with Crippen LogP contribution in [0.4, 0.5) is 0 Å². The van der Waals surface area contributed by atoms with Gasteiger partial charge in [-0.25, -0.2) is 0 Å². The van der Waals surface area contributed by atoms with Crippen LogP contribution in [0.1, 0.15) is 12.0 Å². The molecule has 2 aromatic rings. The maximum Gasteiger partial charge on any atom is 0.0345 e. The zero-order chi connectivity index (χ0) is 11.7. The molecule has 1 nitrogen and oxygen atoms in total. The number of thioether (sulfide) groups is 1. The van der Waals surface area contributed by atoms with Crippen molar-refractivity contribution in [1.82, 2.24) is 0 Å². The van der Waals surface area contributed by atoms with Crippen LogP contribution < -0.4 is 5.73 Å². The first-order chi connectivity index (χ1) is 8.34. The molecule has 1 aliphatic rings. The molecule has 1 fully saturated rings. The van der Waals surface area contributed by atoms with Gasteiger partial charge in [0.1, 0.15) is 0 Å². The summed E-state index contributed by atoms with van der Waals surface area (Å²) in [7, 11) is 0. The molecule has 1 aromatic carbocycles. The van der Waals surface area contributed by atoms with Crippen LogP contribution in [-0.2, 0) is 6.42 Å². The van der Waals surface area contributed by atoms with E-state index in [-0.39, 0.29) is 0 Å². The Morgan fingerprint density at radius 3 is 3.06 bits per heavy atom. The van der Waals surface area contributed by atoms with E-state index in [2.05, 4.69) is 29.6 Å². The predicted molar refractivity (Wildman–Crippen MR) is 78.9 cm³/mol. The van der Waals surface area contributed by atoms with Crippen LogP contribution in [0.2, 0.25) is 0 Å². The minimum absolute atomic E-state index is 0.336. The summed E-state index contributed by atoms with van der Waals surface area (Å²) in [4.78, 5) is 0. The SMILES string of the molecule is NC(Cc1csc2ccccc12)C1CCSC1. The molecule has 0 spiro atoms. The highest BCUT2D eigenvalue weighted by Crippen LogP contribution is 2.30. The van der Waals surface area contributed by atoms with E-state index >= 15 is 0 Å². The fraction of sp³-hybridized carbons (Fsp3) is 0.429. The molecule has 90 valence electrons. The van der Waals surface area contributed by atoms with Gasteiger partial charge in [0.25, 0.3) is 0 Å². The Balaban J connectivity index is 1.80. The fourth-order valence-corrected chi connectivity index (χ4v) is 4.83. The predicted octanol–water partition coefficient (Wildman–Crippen LogP) is 3.52. The minimum atomic E-state index is 0.336. The van der Waals surface area contributed by atoms with Gasteiger partial charge in [-0.2, -0.15) is 11.8 Å². The third kappa shape index (κ3) is 2.37. The second kappa shape index (κ2) is 5.01. The molecule has 2 atom stereocenters. The second-order valence-corrected chi connectivity index (χ2v) is 6.81. The van der Waals surface area contributed by atoms with Crippen LogP contribution in [0.5, 0.6) is 0 Å². The van der Waals surface area contributed by atoms with Gasteiger partial charge in [-0.1, -0.05) is 18.2 Å². The topological polar surface area (TPSA) is 26.0 Å². The van der Waals surface area contributed by atoms with E-state index in [1.54, 1.807) is 0 Å². The van der Waals surface area contributed by atoms with Crippen molar-refractivity contribution in [3.63, 3.8) is 0 Å². The summed E-state index contributed by atoms with van der Waals surface area (Å²) in [5.41, 5.74) is 7.79. The van der Waals surface area contributed by atoms with Crippen molar-refractivity contribution in [2.24, 2.45) is 11.7 Å². The van der Waals surface area contributed by atoms with Crippen molar-refractivity contribution in [3.8, 4) is 0 Å². The monoisotopic (exact) mass is 263 g/mol. The maximum atomic E-state index is 6.35. The van der Waals surface area contributed by atoms with Gasteiger partial charge in [-0.15, -0.1) is 11.3 Å². The third-order valence-electron chi connectivity index (χ3n) is 3.59. The maximum absolute atomic E-state index is 6.35. The van der Waals surface area contributed by atoms with E-state index in [0.29, 0.717) is 6.04 Å². The zero-order valence-electron chi connectivity index (χ0n) is 9.76. The molecule has 3 rings (SSSR count). The van der Waals surface area contributed by atoms with E-state index in [4.69, 9.17) is 5.73 Å². The summed E-state index contributed by atoms with van der Waals surface area (Å²) in [5, 5.41) is 3.69.